The van der Waals surface area contributed by atoms with Gasteiger partial charge in [-0.25, -0.2) is 0 Å². The number of benzene rings is 2. The molecule has 0 aliphatic carbocycles. The maximum atomic E-state index is 11.6. The highest BCUT2D eigenvalue weighted by molar-refractivity contribution is 5.88. The van der Waals surface area contributed by atoms with Crippen LogP contribution in [-0.4, -0.2) is 13.0 Å². The van der Waals surface area contributed by atoms with Gasteiger partial charge in [0.25, 0.3) is 0 Å². The molecular formula is C17H19NO2. The van der Waals surface area contributed by atoms with Gasteiger partial charge in [-0.2, -0.15) is 0 Å². The normalized spacial score (nSPS) is 12.1. The summed E-state index contributed by atoms with van der Waals surface area (Å²) >= 11 is 0. The van der Waals surface area contributed by atoms with Gasteiger partial charge in [0.05, 0.1) is 7.11 Å². The van der Waals surface area contributed by atoms with Gasteiger partial charge in [-0.05, 0) is 29.7 Å². The number of rotatable bonds is 6. The number of carbonyl (C=O) groups excluding carboxylic acids is 1. The molecule has 3 heteroatoms. The van der Waals surface area contributed by atoms with Gasteiger partial charge in [-0.1, -0.05) is 36.4 Å². The molecule has 2 rings (SSSR count). The van der Waals surface area contributed by atoms with Crippen LogP contribution in [0.3, 0.4) is 0 Å². The Balaban J connectivity index is 2.50. The molecule has 0 fully saturated rings. The number of carbonyl (C=O) groups is 1. The molecule has 0 aromatic heterocycles. The van der Waals surface area contributed by atoms with Crippen LogP contribution < -0.4 is 10.5 Å². The maximum absolute atomic E-state index is 11.6. The molecule has 0 unspecified atom stereocenters. The molecule has 3 nitrogen and oxygen atoms in total. The third-order valence-electron chi connectivity index (χ3n) is 3.52. The molecule has 0 saturated heterocycles. The Hall–Kier alpha value is -2.29. The fourth-order valence-electron chi connectivity index (χ4n) is 2.47. The second-order valence-corrected chi connectivity index (χ2v) is 4.80. The number of primary amides is 1. The van der Waals surface area contributed by atoms with E-state index in [1.165, 1.54) is 0 Å². The third kappa shape index (κ3) is 2.82. The second kappa shape index (κ2) is 6.24. The first kappa shape index (κ1) is 14.1. The molecule has 1 amide bonds. The lowest BCUT2D eigenvalue weighted by atomic mass is 9.91. The van der Waals surface area contributed by atoms with Crippen molar-refractivity contribution < 1.29 is 9.53 Å². The van der Waals surface area contributed by atoms with Crippen molar-refractivity contribution in [3.05, 3.63) is 54.6 Å². The second-order valence-electron chi connectivity index (χ2n) is 4.80. The van der Waals surface area contributed by atoms with Crippen molar-refractivity contribution in [2.45, 2.75) is 12.8 Å². The quantitative estimate of drug-likeness (QED) is 0.819. The Bertz CT molecular complexity index is 634. The van der Waals surface area contributed by atoms with E-state index in [0.717, 1.165) is 22.1 Å². The highest BCUT2D eigenvalue weighted by Gasteiger charge is 2.18. The summed E-state index contributed by atoms with van der Waals surface area (Å²) < 4.78 is 5.43. The average molecular weight is 269 g/mol. The Kier molecular flexibility index (Phi) is 4.41. The summed E-state index contributed by atoms with van der Waals surface area (Å²) in [6.07, 6.45) is 2.86. The molecule has 2 aromatic rings. The molecule has 0 spiro atoms. The number of allylic oxidation sites excluding steroid dienone is 1. The predicted molar refractivity (Wildman–Crippen MR) is 81.7 cm³/mol. The van der Waals surface area contributed by atoms with E-state index >= 15 is 0 Å². The number of ether oxygens (including phenoxy) is 1. The fourth-order valence-corrected chi connectivity index (χ4v) is 2.47. The van der Waals surface area contributed by atoms with E-state index in [1.54, 1.807) is 13.2 Å². The van der Waals surface area contributed by atoms with Gasteiger partial charge in [0.2, 0.25) is 5.91 Å². The molecule has 0 aliphatic rings. The van der Waals surface area contributed by atoms with Crippen molar-refractivity contribution in [3.63, 3.8) is 0 Å². The van der Waals surface area contributed by atoms with Crippen LogP contribution in [0.5, 0.6) is 5.75 Å². The zero-order chi connectivity index (χ0) is 14.5. The number of fused-ring (bicyclic) bond motifs is 1. The van der Waals surface area contributed by atoms with Crippen molar-refractivity contribution in [2.75, 3.05) is 7.11 Å². The minimum absolute atomic E-state index is 0.257. The standard InChI is InChI=1S/C17H19NO2/c1-3-6-13(17(18)19)11-15-14-8-5-4-7-12(14)9-10-16(15)20-2/h3-5,7-10,13H,1,6,11H2,2H3,(H2,18,19)/t13-/m1/s1. The first-order valence-corrected chi connectivity index (χ1v) is 6.62. The van der Waals surface area contributed by atoms with Crippen LogP contribution >= 0.6 is 0 Å². The van der Waals surface area contributed by atoms with Crippen LogP contribution in [-0.2, 0) is 11.2 Å². The predicted octanol–water partition coefficient (Wildman–Crippen LogP) is 3.07. The largest absolute Gasteiger partial charge is 0.496 e. The molecule has 1 atom stereocenters. The van der Waals surface area contributed by atoms with Crippen molar-refractivity contribution >= 4 is 16.7 Å². The van der Waals surface area contributed by atoms with Crippen LogP contribution in [0.15, 0.2) is 49.1 Å². The lowest BCUT2D eigenvalue weighted by Crippen LogP contribution is -2.24. The van der Waals surface area contributed by atoms with Crippen LogP contribution in [0.25, 0.3) is 10.8 Å². The summed E-state index contributed by atoms with van der Waals surface area (Å²) in [6.45, 7) is 3.69. The first-order valence-electron chi connectivity index (χ1n) is 6.62. The summed E-state index contributed by atoms with van der Waals surface area (Å²) in [5.41, 5.74) is 6.50. The molecule has 2 N–H and O–H groups in total. The number of methoxy groups -OCH3 is 1. The van der Waals surface area contributed by atoms with Gasteiger partial charge < -0.3 is 10.5 Å². The number of hydrogen-bond acceptors (Lipinski definition) is 2. The van der Waals surface area contributed by atoms with Crippen LogP contribution in [0.2, 0.25) is 0 Å². The molecule has 2 aromatic carbocycles. The van der Waals surface area contributed by atoms with E-state index < -0.39 is 0 Å². The summed E-state index contributed by atoms with van der Waals surface area (Å²) in [6, 6.07) is 12.0. The number of hydrogen-bond donors (Lipinski definition) is 1. The van der Waals surface area contributed by atoms with Gasteiger partial charge in [-0.3, -0.25) is 4.79 Å². The van der Waals surface area contributed by atoms with Crippen molar-refractivity contribution in [2.24, 2.45) is 11.7 Å². The molecule has 0 bridgehead atoms. The monoisotopic (exact) mass is 269 g/mol. The van der Waals surface area contributed by atoms with E-state index in [1.807, 2.05) is 36.4 Å². The lowest BCUT2D eigenvalue weighted by molar-refractivity contribution is -0.121. The zero-order valence-electron chi connectivity index (χ0n) is 11.6. The van der Waals surface area contributed by atoms with Crippen LogP contribution in [0.1, 0.15) is 12.0 Å². The van der Waals surface area contributed by atoms with Gasteiger partial charge >= 0.3 is 0 Å². The maximum Gasteiger partial charge on any atom is 0.221 e. The molecule has 0 radical (unpaired) electrons. The smallest absolute Gasteiger partial charge is 0.221 e. The van der Waals surface area contributed by atoms with E-state index in [4.69, 9.17) is 10.5 Å². The van der Waals surface area contributed by atoms with Gasteiger partial charge in [-0.15, -0.1) is 6.58 Å². The molecule has 104 valence electrons. The van der Waals surface area contributed by atoms with E-state index in [0.29, 0.717) is 12.8 Å². The molecule has 20 heavy (non-hydrogen) atoms. The van der Waals surface area contributed by atoms with E-state index in [-0.39, 0.29) is 11.8 Å². The van der Waals surface area contributed by atoms with Crippen molar-refractivity contribution in [1.82, 2.24) is 0 Å². The Labute approximate surface area is 119 Å². The highest BCUT2D eigenvalue weighted by atomic mass is 16.5. The van der Waals surface area contributed by atoms with Gasteiger partial charge in [0.15, 0.2) is 0 Å². The average Bonchev–Trinajstić information content (AvgIpc) is 2.46. The topological polar surface area (TPSA) is 52.3 Å². The van der Waals surface area contributed by atoms with Crippen molar-refractivity contribution in [1.29, 1.82) is 0 Å². The highest BCUT2D eigenvalue weighted by Crippen LogP contribution is 2.30. The third-order valence-corrected chi connectivity index (χ3v) is 3.52. The molecule has 0 heterocycles. The van der Waals surface area contributed by atoms with Crippen LogP contribution in [0.4, 0.5) is 0 Å². The SMILES string of the molecule is C=CC[C@H](Cc1c(OC)ccc2ccccc12)C(N)=O. The first-order chi connectivity index (χ1) is 9.67. The van der Waals surface area contributed by atoms with Crippen molar-refractivity contribution in [3.8, 4) is 5.75 Å². The zero-order valence-corrected chi connectivity index (χ0v) is 11.6. The lowest BCUT2D eigenvalue weighted by Gasteiger charge is -2.16. The summed E-state index contributed by atoms with van der Waals surface area (Å²) in [5.74, 6) is 0.228. The summed E-state index contributed by atoms with van der Waals surface area (Å²) in [5, 5.41) is 2.23. The molecular weight excluding hydrogens is 250 g/mol. The summed E-state index contributed by atoms with van der Waals surface area (Å²) in [7, 11) is 1.64. The number of nitrogens with two attached hydrogens (primary N) is 1. The molecule has 0 aliphatic heterocycles. The number of amides is 1. The fraction of sp³-hybridized carbons (Fsp3) is 0.235. The Morgan fingerprint density at radius 1 is 1.35 bits per heavy atom. The van der Waals surface area contributed by atoms with Gasteiger partial charge in [0.1, 0.15) is 5.75 Å². The van der Waals surface area contributed by atoms with Crippen LogP contribution in [0, 0.1) is 5.92 Å². The minimum Gasteiger partial charge on any atom is -0.496 e. The Morgan fingerprint density at radius 2 is 2.10 bits per heavy atom. The Morgan fingerprint density at radius 3 is 2.75 bits per heavy atom. The summed E-state index contributed by atoms with van der Waals surface area (Å²) in [4.78, 5) is 11.6. The van der Waals surface area contributed by atoms with Gasteiger partial charge in [0, 0.05) is 11.5 Å². The minimum atomic E-state index is -0.306. The van der Waals surface area contributed by atoms with E-state index in [9.17, 15) is 4.79 Å². The van der Waals surface area contributed by atoms with E-state index in [2.05, 4.69) is 6.58 Å². The molecule has 0 saturated carbocycles.